The van der Waals surface area contributed by atoms with Gasteiger partial charge in [-0.15, -0.1) is 6.58 Å². The minimum atomic E-state index is 0.906. The molecule has 1 fully saturated rings. The zero-order valence-electron chi connectivity index (χ0n) is 6.14. The fourth-order valence-corrected chi connectivity index (χ4v) is 1.14. The molecule has 1 rings (SSSR count). The van der Waals surface area contributed by atoms with Gasteiger partial charge in [-0.3, -0.25) is 0 Å². The highest BCUT2D eigenvalue weighted by atomic mass is 14.3. The number of rotatable bonds is 4. The van der Waals surface area contributed by atoms with Crippen LogP contribution >= 0.6 is 0 Å². The van der Waals surface area contributed by atoms with Crippen LogP contribution < -0.4 is 0 Å². The summed E-state index contributed by atoms with van der Waals surface area (Å²) in [7, 11) is 0. The summed E-state index contributed by atoms with van der Waals surface area (Å²) >= 11 is 0. The van der Waals surface area contributed by atoms with Crippen molar-refractivity contribution in [1.82, 2.24) is 0 Å². The summed E-state index contributed by atoms with van der Waals surface area (Å²) in [5, 5.41) is 0. The van der Waals surface area contributed by atoms with Gasteiger partial charge < -0.3 is 0 Å². The Morgan fingerprint density at radius 3 is 3.00 bits per heavy atom. The number of hydrogen-bond donors (Lipinski definition) is 0. The first-order chi connectivity index (χ1) is 4.34. The van der Waals surface area contributed by atoms with Gasteiger partial charge in [0.05, 0.1) is 0 Å². The van der Waals surface area contributed by atoms with Crippen LogP contribution in [0.1, 0.15) is 26.2 Å². The van der Waals surface area contributed by atoms with E-state index in [4.69, 9.17) is 0 Å². The SMILES string of the molecule is C=CCCC(C)C1[CH]C1. The molecule has 0 aromatic heterocycles. The zero-order valence-corrected chi connectivity index (χ0v) is 6.14. The fourth-order valence-electron chi connectivity index (χ4n) is 1.14. The Labute approximate surface area is 58.0 Å². The minimum Gasteiger partial charge on any atom is -0.103 e. The van der Waals surface area contributed by atoms with E-state index in [0.29, 0.717) is 0 Å². The van der Waals surface area contributed by atoms with E-state index < -0.39 is 0 Å². The van der Waals surface area contributed by atoms with Gasteiger partial charge in [0.2, 0.25) is 0 Å². The molecule has 0 aliphatic heterocycles. The van der Waals surface area contributed by atoms with Crippen molar-refractivity contribution in [3.05, 3.63) is 19.1 Å². The second kappa shape index (κ2) is 3.05. The highest BCUT2D eigenvalue weighted by molar-refractivity contribution is 4.97. The standard InChI is InChI=1S/C9H15/c1-3-4-5-8(2)9-6-7-9/h3,6,8-9H,1,4-5,7H2,2H3. The number of hydrogen-bond acceptors (Lipinski definition) is 0. The van der Waals surface area contributed by atoms with Gasteiger partial charge in [0.15, 0.2) is 0 Å². The molecule has 51 valence electrons. The lowest BCUT2D eigenvalue weighted by Gasteiger charge is -2.05. The number of allylic oxidation sites excluding steroid dienone is 1. The fraction of sp³-hybridized carbons (Fsp3) is 0.667. The van der Waals surface area contributed by atoms with Crippen molar-refractivity contribution in [2.45, 2.75) is 26.2 Å². The van der Waals surface area contributed by atoms with E-state index in [2.05, 4.69) is 19.9 Å². The van der Waals surface area contributed by atoms with E-state index in [9.17, 15) is 0 Å². The Kier molecular flexibility index (Phi) is 2.32. The summed E-state index contributed by atoms with van der Waals surface area (Å²) in [5.41, 5.74) is 0. The first kappa shape index (κ1) is 6.85. The lowest BCUT2D eigenvalue weighted by molar-refractivity contribution is 0.487. The first-order valence-electron chi connectivity index (χ1n) is 3.79. The first-order valence-corrected chi connectivity index (χ1v) is 3.79. The molecule has 1 saturated carbocycles. The maximum Gasteiger partial charge on any atom is -0.0349 e. The Morgan fingerprint density at radius 1 is 1.89 bits per heavy atom. The predicted octanol–water partition coefficient (Wildman–Crippen LogP) is 2.81. The van der Waals surface area contributed by atoms with Crippen LogP contribution in [0.3, 0.4) is 0 Å². The summed E-state index contributed by atoms with van der Waals surface area (Å²) < 4.78 is 0. The summed E-state index contributed by atoms with van der Waals surface area (Å²) in [5.74, 6) is 1.85. The molecule has 0 aromatic carbocycles. The lowest BCUT2D eigenvalue weighted by atomic mass is 10.0. The van der Waals surface area contributed by atoms with E-state index in [1.54, 1.807) is 0 Å². The van der Waals surface area contributed by atoms with Gasteiger partial charge in [-0.1, -0.05) is 13.0 Å². The molecule has 0 heteroatoms. The van der Waals surface area contributed by atoms with E-state index in [-0.39, 0.29) is 0 Å². The molecule has 0 aromatic rings. The van der Waals surface area contributed by atoms with Crippen molar-refractivity contribution in [3.63, 3.8) is 0 Å². The van der Waals surface area contributed by atoms with Crippen molar-refractivity contribution < 1.29 is 0 Å². The monoisotopic (exact) mass is 123 g/mol. The van der Waals surface area contributed by atoms with Crippen molar-refractivity contribution in [2.24, 2.45) is 11.8 Å². The topological polar surface area (TPSA) is 0 Å². The molecule has 1 aliphatic carbocycles. The Morgan fingerprint density at radius 2 is 2.56 bits per heavy atom. The average molecular weight is 123 g/mol. The van der Waals surface area contributed by atoms with Crippen LogP contribution in [0.2, 0.25) is 0 Å². The molecule has 0 amide bonds. The van der Waals surface area contributed by atoms with E-state index in [1.165, 1.54) is 19.3 Å². The van der Waals surface area contributed by atoms with Crippen LogP contribution in [0.25, 0.3) is 0 Å². The Bertz CT molecular complexity index is 90.2. The molecule has 0 bridgehead atoms. The van der Waals surface area contributed by atoms with Crippen LogP contribution in [0.5, 0.6) is 0 Å². The second-order valence-electron chi connectivity index (χ2n) is 2.98. The van der Waals surface area contributed by atoms with Crippen LogP contribution in [0.15, 0.2) is 12.7 Å². The maximum atomic E-state index is 3.70. The Hall–Kier alpha value is -0.260. The molecular formula is C9H15. The summed E-state index contributed by atoms with van der Waals surface area (Å²) in [6, 6.07) is 0. The van der Waals surface area contributed by atoms with Gasteiger partial charge in [0.1, 0.15) is 0 Å². The molecule has 0 spiro atoms. The predicted molar refractivity (Wildman–Crippen MR) is 41.0 cm³/mol. The summed E-state index contributed by atoms with van der Waals surface area (Å²) in [6.07, 6.45) is 8.28. The van der Waals surface area contributed by atoms with Crippen molar-refractivity contribution in [2.75, 3.05) is 0 Å². The van der Waals surface area contributed by atoms with E-state index in [0.717, 1.165) is 11.8 Å². The normalized spacial score (nSPS) is 21.4. The van der Waals surface area contributed by atoms with Crippen molar-refractivity contribution in [1.29, 1.82) is 0 Å². The highest BCUT2D eigenvalue weighted by Gasteiger charge is 2.27. The Balaban J connectivity index is 2.02. The summed E-state index contributed by atoms with van der Waals surface area (Å²) in [4.78, 5) is 0. The van der Waals surface area contributed by atoms with Crippen LogP contribution in [0.4, 0.5) is 0 Å². The van der Waals surface area contributed by atoms with Gasteiger partial charge in [0.25, 0.3) is 0 Å². The van der Waals surface area contributed by atoms with Gasteiger partial charge >= 0.3 is 0 Å². The molecule has 0 heterocycles. The molecule has 1 aliphatic rings. The largest absolute Gasteiger partial charge is 0.103 e. The van der Waals surface area contributed by atoms with Gasteiger partial charge in [-0.2, -0.15) is 0 Å². The smallest absolute Gasteiger partial charge is 0.0349 e. The van der Waals surface area contributed by atoms with Gasteiger partial charge in [-0.05, 0) is 37.5 Å². The molecule has 2 unspecified atom stereocenters. The highest BCUT2D eigenvalue weighted by Crippen LogP contribution is 2.37. The third-order valence-electron chi connectivity index (χ3n) is 2.06. The lowest BCUT2D eigenvalue weighted by Crippen LogP contribution is -1.94. The van der Waals surface area contributed by atoms with Crippen LogP contribution in [-0.4, -0.2) is 0 Å². The van der Waals surface area contributed by atoms with Crippen LogP contribution in [0, 0.1) is 18.3 Å². The van der Waals surface area contributed by atoms with Crippen molar-refractivity contribution in [3.8, 4) is 0 Å². The molecule has 1 radical (unpaired) electrons. The third kappa shape index (κ3) is 2.21. The molecule has 2 atom stereocenters. The molecule has 0 N–H and O–H groups in total. The molecular weight excluding hydrogens is 108 g/mol. The maximum absolute atomic E-state index is 3.70. The van der Waals surface area contributed by atoms with E-state index in [1.807, 2.05) is 6.08 Å². The second-order valence-corrected chi connectivity index (χ2v) is 2.98. The minimum absolute atomic E-state index is 0.906. The molecule has 9 heavy (non-hydrogen) atoms. The molecule has 0 nitrogen and oxygen atoms in total. The van der Waals surface area contributed by atoms with Gasteiger partial charge in [0, 0.05) is 0 Å². The van der Waals surface area contributed by atoms with Crippen molar-refractivity contribution >= 4 is 0 Å². The molecule has 0 saturated heterocycles. The average Bonchev–Trinajstić information content (AvgIpc) is 2.63. The third-order valence-corrected chi connectivity index (χ3v) is 2.06. The quantitative estimate of drug-likeness (QED) is 0.504. The van der Waals surface area contributed by atoms with Gasteiger partial charge in [-0.25, -0.2) is 0 Å². The van der Waals surface area contributed by atoms with Crippen LogP contribution in [-0.2, 0) is 0 Å². The summed E-state index contributed by atoms with van der Waals surface area (Å²) in [6.45, 7) is 6.03. The van der Waals surface area contributed by atoms with E-state index >= 15 is 0 Å². The zero-order chi connectivity index (χ0) is 6.69.